The first-order chi connectivity index (χ1) is 14.9. The van der Waals surface area contributed by atoms with Gasteiger partial charge in [0.25, 0.3) is 5.91 Å². The number of carbonyl (C=O) groups is 1. The van der Waals surface area contributed by atoms with E-state index in [1.165, 1.54) is 0 Å². The lowest BCUT2D eigenvalue weighted by molar-refractivity contribution is -0.126. The van der Waals surface area contributed by atoms with Crippen molar-refractivity contribution in [1.82, 2.24) is 4.90 Å². The van der Waals surface area contributed by atoms with Crippen LogP contribution in [0.3, 0.4) is 0 Å². The van der Waals surface area contributed by atoms with Crippen LogP contribution in [0.15, 0.2) is 48.5 Å². The Morgan fingerprint density at radius 2 is 1.77 bits per heavy atom. The van der Waals surface area contributed by atoms with E-state index in [-0.39, 0.29) is 5.91 Å². The van der Waals surface area contributed by atoms with Crippen molar-refractivity contribution in [1.29, 1.82) is 5.26 Å². The molecule has 0 fully saturated rings. The molecule has 0 saturated carbocycles. The summed E-state index contributed by atoms with van der Waals surface area (Å²) in [5, 5.41) is 9.22. The molecular weight excluding hydrogens is 386 g/mol. The van der Waals surface area contributed by atoms with Gasteiger partial charge in [-0.3, -0.25) is 9.69 Å². The van der Waals surface area contributed by atoms with Crippen molar-refractivity contribution in [3.63, 3.8) is 0 Å². The SMILES string of the molecule is CC(C)N(CCCCCN1C(=O)C(c2cccc(C#N)c2)Oc2ccccc21)C(C)C. The van der Waals surface area contributed by atoms with Crippen LogP contribution in [-0.2, 0) is 4.79 Å². The van der Waals surface area contributed by atoms with Gasteiger partial charge in [-0.05, 0) is 71.3 Å². The molecule has 2 aromatic carbocycles. The Hall–Kier alpha value is -2.84. The minimum absolute atomic E-state index is 0.0697. The number of ether oxygens (including phenoxy) is 1. The van der Waals surface area contributed by atoms with Gasteiger partial charge in [-0.25, -0.2) is 0 Å². The quantitative estimate of drug-likeness (QED) is 0.517. The number of fused-ring (bicyclic) bond motifs is 1. The van der Waals surface area contributed by atoms with Crippen LogP contribution in [0.25, 0.3) is 0 Å². The Morgan fingerprint density at radius 3 is 2.48 bits per heavy atom. The molecule has 1 unspecified atom stereocenters. The van der Waals surface area contributed by atoms with Gasteiger partial charge in [0.05, 0.1) is 17.3 Å². The van der Waals surface area contributed by atoms with Gasteiger partial charge in [-0.2, -0.15) is 5.26 Å². The van der Waals surface area contributed by atoms with E-state index < -0.39 is 6.10 Å². The molecule has 31 heavy (non-hydrogen) atoms. The van der Waals surface area contributed by atoms with E-state index >= 15 is 0 Å². The average molecular weight is 420 g/mol. The van der Waals surface area contributed by atoms with Gasteiger partial charge in [0, 0.05) is 24.2 Å². The van der Waals surface area contributed by atoms with E-state index in [9.17, 15) is 10.1 Å². The predicted molar refractivity (Wildman–Crippen MR) is 124 cm³/mol. The summed E-state index contributed by atoms with van der Waals surface area (Å²) in [6, 6.07) is 18.0. The summed E-state index contributed by atoms with van der Waals surface area (Å²) in [5.74, 6) is 0.639. The number of para-hydroxylation sites is 2. The van der Waals surface area contributed by atoms with E-state index in [1.54, 1.807) is 18.2 Å². The number of nitrogens with zero attached hydrogens (tertiary/aromatic N) is 3. The first-order valence-corrected chi connectivity index (χ1v) is 11.2. The molecule has 0 aliphatic carbocycles. The van der Waals surface area contributed by atoms with E-state index in [0.717, 1.165) is 31.5 Å². The van der Waals surface area contributed by atoms with Gasteiger partial charge < -0.3 is 9.64 Å². The second kappa shape index (κ2) is 10.5. The first-order valence-electron chi connectivity index (χ1n) is 11.2. The molecule has 0 aromatic heterocycles. The number of nitriles is 1. The largest absolute Gasteiger partial charge is 0.474 e. The maximum atomic E-state index is 13.3. The molecular formula is C26H33N3O2. The highest BCUT2D eigenvalue weighted by Gasteiger charge is 2.35. The molecule has 5 heteroatoms. The Morgan fingerprint density at radius 1 is 1.03 bits per heavy atom. The second-order valence-corrected chi connectivity index (χ2v) is 8.68. The summed E-state index contributed by atoms with van der Waals surface area (Å²) < 4.78 is 6.06. The van der Waals surface area contributed by atoms with Gasteiger partial charge in [0.2, 0.25) is 6.10 Å². The lowest BCUT2D eigenvalue weighted by Crippen LogP contribution is -2.41. The van der Waals surface area contributed by atoms with Crippen molar-refractivity contribution >= 4 is 11.6 Å². The van der Waals surface area contributed by atoms with E-state index in [1.807, 2.05) is 35.2 Å². The highest BCUT2D eigenvalue weighted by atomic mass is 16.5. The summed E-state index contributed by atoms with van der Waals surface area (Å²) in [6.07, 6.45) is 2.40. The number of amides is 1. The summed E-state index contributed by atoms with van der Waals surface area (Å²) in [4.78, 5) is 17.7. The molecule has 1 heterocycles. The van der Waals surface area contributed by atoms with E-state index in [4.69, 9.17) is 4.74 Å². The van der Waals surface area contributed by atoms with Gasteiger partial charge in [-0.1, -0.05) is 30.7 Å². The van der Waals surface area contributed by atoms with Crippen molar-refractivity contribution in [2.75, 3.05) is 18.0 Å². The Kier molecular flexibility index (Phi) is 7.70. The molecule has 1 aliphatic heterocycles. The lowest BCUT2D eigenvalue weighted by atomic mass is 10.0. The fraction of sp³-hybridized carbons (Fsp3) is 0.462. The number of carbonyl (C=O) groups excluding carboxylic acids is 1. The zero-order chi connectivity index (χ0) is 22.4. The Balaban J connectivity index is 1.69. The van der Waals surface area contributed by atoms with E-state index in [0.29, 0.717) is 35.5 Å². The van der Waals surface area contributed by atoms with Crippen LogP contribution in [0.5, 0.6) is 5.75 Å². The molecule has 0 bridgehead atoms. The van der Waals surface area contributed by atoms with Crippen molar-refractivity contribution in [2.24, 2.45) is 0 Å². The molecule has 0 saturated heterocycles. The second-order valence-electron chi connectivity index (χ2n) is 8.68. The molecule has 1 amide bonds. The summed E-state index contributed by atoms with van der Waals surface area (Å²) in [6.45, 7) is 10.7. The molecule has 1 atom stereocenters. The first kappa shape index (κ1) is 22.8. The monoisotopic (exact) mass is 419 g/mol. The fourth-order valence-electron chi connectivity index (χ4n) is 4.28. The summed E-state index contributed by atoms with van der Waals surface area (Å²) in [5.41, 5.74) is 2.07. The number of benzene rings is 2. The third-order valence-corrected chi connectivity index (χ3v) is 5.83. The van der Waals surface area contributed by atoms with Crippen molar-refractivity contribution in [2.45, 2.75) is 65.1 Å². The lowest BCUT2D eigenvalue weighted by Gasteiger charge is -2.35. The van der Waals surface area contributed by atoms with Crippen LogP contribution in [0, 0.1) is 11.3 Å². The number of anilines is 1. The standard InChI is InChI=1S/C26H33N3O2/c1-19(2)28(20(3)4)15-8-5-9-16-29-23-13-6-7-14-24(23)31-25(26(29)30)22-12-10-11-21(17-22)18-27/h6-7,10-14,17,19-20,25H,5,8-9,15-16H2,1-4H3. The zero-order valence-electron chi connectivity index (χ0n) is 19.0. The van der Waals surface area contributed by atoms with Crippen molar-refractivity contribution in [3.8, 4) is 11.8 Å². The zero-order valence-corrected chi connectivity index (χ0v) is 19.0. The highest BCUT2D eigenvalue weighted by Crippen LogP contribution is 2.39. The summed E-state index contributed by atoms with van der Waals surface area (Å²) in [7, 11) is 0. The normalized spacial score (nSPS) is 15.9. The topological polar surface area (TPSA) is 56.6 Å². The number of hydrogen-bond donors (Lipinski definition) is 0. The van der Waals surface area contributed by atoms with Gasteiger partial charge >= 0.3 is 0 Å². The number of unbranched alkanes of at least 4 members (excludes halogenated alkanes) is 2. The molecule has 5 nitrogen and oxygen atoms in total. The third kappa shape index (κ3) is 5.45. The fourth-order valence-corrected chi connectivity index (χ4v) is 4.28. The van der Waals surface area contributed by atoms with E-state index in [2.05, 4.69) is 38.7 Å². The molecule has 0 N–H and O–H groups in total. The maximum absolute atomic E-state index is 13.3. The minimum atomic E-state index is -0.722. The number of rotatable bonds is 9. The van der Waals surface area contributed by atoms with Crippen LogP contribution in [0.4, 0.5) is 5.69 Å². The Bertz CT molecular complexity index is 924. The van der Waals surface area contributed by atoms with Crippen LogP contribution in [-0.4, -0.2) is 36.0 Å². The van der Waals surface area contributed by atoms with Crippen LogP contribution in [0.1, 0.15) is 64.2 Å². The molecule has 0 radical (unpaired) electrons. The molecule has 1 aliphatic rings. The summed E-state index contributed by atoms with van der Waals surface area (Å²) >= 11 is 0. The average Bonchev–Trinajstić information content (AvgIpc) is 2.76. The van der Waals surface area contributed by atoms with Gasteiger partial charge in [-0.15, -0.1) is 0 Å². The molecule has 2 aromatic rings. The number of hydrogen-bond acceptors (Lipinski definition) is 4. The van der Waals surface area contributed by atoms with Crippen LogP contribution in [0.2, 0.25) is 0 Å². The molecule has 164 valence electrons. The molecule has 3 rings (SSSR count). The van der Waals surface area contributed by atoms with Gasteiger partial charge in [0.15, 0.2) is 0 Å². The molecule has 0 spiro atoms. The predicted octanol–water partition coefficient (Wildman–Crippen LogP) is 5.31. The van der Waals surface area contributed by atoms with Crippen LogP contribution >= 0.6 is 0 Å². The van der Waals surface area contributed by atoms with Crippen molar-refractivity contribution in [3.05, 3.63) is 59.7 Å². The Labute approximate surface area is 186 Å². The highest BCUT2D eigenvalue weighted by molar-refractivity contribution is 6.00. The van der Waals surface area contributed by atoms with Crippen LogP contribution < -0.4 is 9.64 Å². The maximum Gasteiger partial charge on any atom is 0.272 e. The minimum Gasteiger partial charge on any atom is -0.474 e. The smallest absolute Gasteiger partial charge is 0.272 e. The van der Waals surface area contributed by atoms with Crippen molar-refractivity contribution < 1.29 is 9.53 Å². The van der Waals surface area contributed by atoms with Gasteiger partial charge in [0.1, 0.15) is 5.75 Å². The third-order valence-electron chi connectivity index (χ3n) is 5.83.